The van der Waals surface area contributed by atoms with Crippen LogP contribution in [0.5, 0.6) is 0 Å². The smallest absolute Gasteiger partial charge is 0.162 e. The van der Waals surface area contributed by atoms with Crippen LogP contribution >= 0.6 is 0 Å². The normalized spacial score (nSPS) is 10.8. The van der Waals surface area contributed by atoms with Crippen molar-refractivity contribution < 1.29 is 13.9 Å². The van der Waals surface area contributed by atoms with E-state index in [1.54, 1.807) is 18.2 Å². The Hall–Kier alpha value is -1.22. The van der Waals surface area contributed by atoms with Crippen LogP contribution in [-0.2, 0) is 16.0 Å². The van der Waals surface area contributed by atoms with E-state index >= 15 is 0 Å². The van der Waals surface area contributed by atoms with Crippen molar-refractivity contribution in [3.8, 4) is 0 Å². The zero-order valence-electron chi connectivity index (χ0n) is 10.4. The lowest BCUT2D eigenvalue weighted by atomic mass is 10.1. The van der Waals surface area contributed by atoms with Crippen molar-refractivity contribution in [1.82, 2.24) is 0 Å². The molecule has 0 aliphatic rings. The third-order valence-electron chi connectivity index (χ3n) is 2.45. The second-order valence-electron chi connectivity index (χ2n) is 4.54. The first-order chi connectivity index (χ1) is 8.09. The van der Waals surface area contributed by atoms with Crippen LogP contribution < -0.4 is 0 Å². The standard InChI is InChI=1S/C14H19FO2/c1-11(2)7-8-17-10-13(16)9-12-5-3-4-6-14(12)15/h3-6,11H,7-10H2,1-2H3. The van der Waals surface area contributed by atoms with Crippen molar-refractivity contribution in [2.45, 2.75) is 26.7 Å². The monoisotopic (exact) mass is 238 g/mol. The first kappa shape index (κ1) is 13.8. The van der Waals surface area contributed by atoms with Crippen LogP contribution in [0.3, 0.4) is 0 Å². The van der Waals surface area contributed by atoms with E-state index in [0.717, 1.165) is 6.42 Å². The lowest BCUT2D eigenvalue weighted by molar-refractivity contribution is -0.123. The Kier molecular flexibility index (Phi) is 5.84. The van der Waals surface area contributed by atoms with Crippen LogP contribution in [0.1, 0.15) is 25.8 Å². The van der Waals surface area contributed by atoms with Gasteiger partial charge in [-0.15, -0.1) is 0 Å². The summed E-state index contributed by atoms with van der Waals surface area (Å²) in [5.41, 5.74) is 0.435. The fourth-order valence-electron chi connectivity index (χ4n) is 1.41. The predicted molar refractivity (Wildman–Crippen MR) is 65.4 cm³/mol. The van der Waals surface area contributed by atoms with Crippen LogP contribution in [0.25, 0.3) is 0 Å². The molecule has 17 heavy (non-hydrogen) atoms. The van der Waals surface area contributed by atoms with E-state index < -0.39 is 0 Å². The Labute approximate surface area is 102 Å². The number of benzene rings is 1. The summed E-state index contributed by atoms with van der Waals surface area (Å²) in [6, 6.07) is 6.33. The maximum absolute atomic E-state index is 13.3. The van der Waals surface area contributed by atoms with E-state index in [0.29, 0.717) is 18.1 Å². The van der Waals surface area contributed by atoms with Gasteiger partial charge in [0.15, 0.2) is 5.78 Å². The van der Waals surface area contributed by atoms with Gasteiger partial charge in [-0.3, -0.25) is 4.79 Å². The molecule has 0 bridgehead atoms. The molecule has 0 heterocycles. The Morgan fingerprint density at radius 1 is 1.35 bits per heavy atom. The Bertz CT molecular complexity index is 361. The number of rotatable bonds is 7. The molecule has 0 saturated heterocycles. The molecule has 2 nitrogen and oxygen atoms in total. The van der Waals surface area contributed by atoms with Gasteiger partial charge < -0.3 is 4.74 Å². The Morgan fingerprint density at radius 2 is 2.06 bits per heavy atom. The van der Waals surface area contributed by atoms with Crippen molar-refractivity contribution >= 4 is 5.78 Å². The molecule has 0 saturated carbocycles. The Morgan fingerprint density at radius 3 is 2.71 bits per heavy atom. The molecule has 1 rings (SSSR count). The predicted octanol–water partition coefficient (Wildman–Crippen LogP) is 3.00. The highest BCUT2D eigenvalue weighted by Crippen LogP contribution is 2.07. The maximum atomic E-state index is 13.3. The van der Waals surface area contributed by atoms with Crippen LogP contribution in [0.15, 0.2) is 24.3 Å². The van der Waals surface area contributed by atoms with Gasteiger partial charge in [-0.1, -0.05) is 32.0 Å². The summed E-state index contributed by atoms with van der Waals surface area (Å²) in [5, 5.41) is 0. The van der Waals surface area contributed by atoms with Gasteiger partial charge in [0.05, 0.1) is 0 Å². The molecule has 0 atom stereocenters. The second kappa shape index (κ2) is 7.17. The number of Topliss-reactive ketones (excluding diaryl/α,β-unsaturated/α-hetero) is 1. The van der Waals surface area contributed by atoms with E-state index in [2.05, 4.69) is 13.8 Å². The third-order valence-corrected chi connectivity index (χ3v) is 2.45. The minimum atomic E-state index is -0.331. The van der Waals surface area contributed by atoms with Crippen molar-refractivity contribution in [3.63, 3.8) is 0 Å². The molecular formula is C14H19FO2. The molecule has 0 amide bonds. The molecule has 3 heteroatoms. The van der Waals surface area contributed by atoms with Gasteiger partial charge in [-0.2, -0.15) is 0 Å². The van der Waals surface area contributed by atoms with Crippen molar-refractivity contribution in [2.24, 2.45) is 5.92 Å². The molecule has 0 N–H and O–H groups in total. The van der Waals surface area contributed by atoms with Crippen LogP contribution in [0.4, 0.5) is 4.39 Å². The molecular weight excluding hydrogens is 219 g/mol. The summed E-state index contributed by atoms with van der Waals surface area (Å²) in [5.74, 6) is 0.151. The molecule has 0 radical (unpaired) electrons. The zero-order valence-corrected chi connectivity index (χ0v) is 10.4. The van der Waals surface area contributed by atoms with Crippen LogP contribution in [0, 0.1) is 11.7 Å². The average molecular weight is 238 g/mol. The second-order valence-corrected chi connectivity index (χ2v) is 4.54. The van der Waals surface area contributed by atoms with E-state index in [9.17, 15) is 9.18 Å². The van der Waals surface area contributed by atoms with Crippen molar-refractivity contribution in [1.29, 1.82) is 0 Å². The SMILES string of the molecule is CC(C)CCOCC(=O)Cc1ccccc1F. The van der Waals surface area contributed by atoms with E-state index in [1.807, 2.05) is 0 Å². The quantitative estimate of drug-likeness (QED) is 0.683. The lowest BCUT2D eigenvalue weighted by Gasteiger charge is -2.06. The average Bonchev–Trinajstić information content (AvgIpc) is 2.27. The van der Waals surface area contributed by atoms with Crippen LogP contribution in [0.2, 0.25) is 0 Å². The molecule has 0 aromatic heterocycles. The largest absolute Gasteiger partial charge is 0.374 e. The fourth-order valence-corrected chi connectivity index (χ4v) is 1.41. The van der Waals surface area contributed by atoms with Gasteiger partial charge in [0, 0.05) is 13.0 Å². The summed E-state index contributed by atoms with van der Waals surface area (Å²) in [6.45, 7) is 4.86. The zero-order chi connectivity index (χ0) is 12.7. The van der Waals surface area contributed by atoms with E-state index in [-0.39, 0.29) is 24.6 Å². The number of carbonyl (C=O) groups excluding carboxylic acids is 1. The molecule has 0 fully saturated rings. The van der Waals surface area contributed by atoms with Gasteiger partial charge in [0.1, 0.15) is 12.4 Å². The highest BCUT2D eigenvalue weighted by molar-refractivity contribution is 5.82. The first-order valence-electron chi connectivity index (χ1n) is 5.92. The van der Waals surface area contributed by atoms with Crippen molar-refractivity contribution in [2.75, 3.05) is 13.2 Å². The number of ether oxygens (including phenoxy) is 1. The molecule has 0 aliphatic heterocycles. The number of halogens is 1. The highest BCUT2D eigenvalue weighted by atomic mass is 19.1. The van der Waals surface area contributed by atoms with Gasteiger partial charge in [-0.25, -0.2) is 4.39 Å². The van der Waals surface area contributed by atoms with Gasteiger partial charge in [-0.05, 0) is 24.0 Å². The lowest BCUT2D eigenvalue weighted by Crippen LogP contribution is -2.13. The fraction of sp³-hybridized carbons (Fsp3) is 0.500. The topological polar surface area (TPSA) is 26.3 Å². The van der Waals surface area contributed by atoms with E-state index in [1.165, 1.54) is 6.07 Å². The molecule has 0 spiro atoms. The summed E-state index contributed by atoms with van der Waals surface area (Å²) in [6.07, 6.45) is 1.04. The third kappa shape index (κ3) is 5.59. The molecule has 0 unspecified atom stereocenters. The van der Waals surface area contributed by atoms with Crippen molar-refractivity contribution in [3.05, 3.63) is 35.6 Å². The van der Waals surface area contributed by atoms with Gasteiger partial charge in [0.2, 0.25) is 0 Å². The van der Waals surface area contributed by atoms with Gasteiger partial charge in [0.25, 0.3) is 0 Å². The molecule has 1 aromatic rings. The number of hydrogen-bond donors (Lipinski definition) is 0. The minimum absolute atomic E-state index is 0.0705. The summed E-state index contributed by atoms with van der Waals surface area (Å²) in [4.78, 5) is 11.5. The summed E-state index contributed by atoms with van der Waals surface area (Å²) >= 11 is 0. The first-order valence-corrected chi connectivity index (χ1v) is 5.92. The Balaban J connectivity index is 2.28. The van der Waals surface area contributed by atoms with E-state index in [4.69, 9.17) is 4.74 Å². The summed E-state index contributed by atoms with van der Waals surface area (Å²) in [7, 11) is 0. The molecule has 0 aliphatic carbocycles. The number of carbonyl (C=O) groups is 1. The number of ketones is 1. The molecule has 1 aromatic carbocycles. The van der Waals surface area contributed by atoms with Gasteiger partial charge >= 0.3 is 0 Å². The highest BCUT2D eigenvalue weighted by Gasteiger charge is 2.07. The molecule has 94 valence electrons. The summed E-state index contributed by atoms with van der Waals surface area (Å²) < 4.78 is 18.5. The minimum Gasteiger partial charge on any atom is -0.374 e. The van der Waals surface area contributed by atoms with Crippen LogP contribution in [-0.4, -0.2) is 19.0 Å². The maximum Gasteiger partial charge on any atom is 0.162 e. The number of hydrogen-bond acceptors (Lipinski definition) is 2.